The molecule has 0 aliphatic carbocycles. The number of rotatable bonds is 6. The Bertz CT molecular complexity index is 1230. The van der Waals surface area contributed by atoms with E-state index in [1.165, 1.54) is 17.4 Å². The summed E-state index contributed by atoms with van der Waals surface area (Å²) in [5.41, 5.74) is 2.25. The van der Waals surface area contributed by atoms with Gasteiger partial charge in [-0.1, -0.05) is 12.1 Å². The second-order valence-electron chi connectivity index (χ2n) is 7.83. The fourth-order valence-corrected chi connectivity index (χ4v) is 5.94. The minimum absolute atomic E-state index is 0.0266. The number of sulfonamides is 1. The monoisotopic (exact) mass is 476 g/mol. The SMILES string of the molecule is Cc1ccc(S(=O)(=O)N2CC(O)C[C@H]2C(=O)OCc2nc(-c3cccs3)oc2C)cc1C. The number of ether oxygens (including phenoxy) is 1. The molecule has 10 heteroatoms. The molecule has 2 atom stereocenters. The molecule has 0 saturated carbocycles. The molecule has 4 rings (SSSR count). The van der Waals surface area contributed by atoms with E-state index in [1.807, 2.05) is 31.4 Å². The van der Waals surface area contributed by atoms with E-state index in [0.717, 1.165) is 20.3 Å². The number of carbonyl (C=O) groups is 1. The highest BCUT2D eigenvalue weighted by Gasteiger charge is 2.44. The minimum Gasteiger partial charge on any atom is -0.458 e. The molecular weight excluding hydrogens is 452 g/mol. The molecule has 2 aromatic heterocycles. The van der Waals surface area contributed by atoms with Crippen molar-refractivity contribution in [3.8, 4) is 10.8 Å². The highest BCUT2D eigenvalue weighted by Crippen LogP contribution is 2.29. The van der Waals surface area contributed by atoms with Crippen LogP contribution in [0.5, 0.6) is 0 Å². The van der Waals surface area contributed by atoms with Crippen molar-refractivity contribution in [3.63, 3.8) is 0 Å². The van der Waals surface area contributed by atoms with Crippen LogP contribution in [0.2, 0.25) is 0 Å². The zero-order valence-electron chi connectivity index (χ0n) is 17.9. The molecule has 1 aromatic carbocycles. The summed E-state index contributed by atoms with van der Waals surface area (Å²) in [7, 11) is -3.98. The lowest BCUT2D eigenvalue weighted by atomic mass is 10.1. The van der Waals surface area contributed by atoms with Gasteiger partial charge in [0, 0.05) is 13.0 Å². The summed E-state index contributed by atoms with van der Waals surface area (Å²) < 4.78 is 38.5. The zero-order valence-corrected chi connectivity index (χ0v) is 19.6. The van der Waals surface area contributed by atoms with Crippen molar-refractivity contribution in [1.29, 1.82) is 0 Å². The maximum atomic E-state index is 13.2. The summed E-state index contributed by atoms with van der Waals surface area (Å²) in [4.78, 5) is 18.1. The molecule has 1 unspecified atom stereocenters. The summed E-state index contributed by atoms with van der Waals surface area (Å²) in [6, 6.07) is 7.45. The first-order valence-corrected chi connectivity index (χ1v) is 12.4. The van der Waals surface area contributed by atoms with Gasteiger partial charge in [0.1, 0.15) is 24.1 Å². The smallest absolute Gasteiger partial charge is 0.324 e. The second-order valence-corrected chi connectivity index (χ2v) is 10.7. The van der Waals surface area contributed by atoms with Crippen LogP contribution in [0.1, 0.15) is 29.0 Å². The number of β-amino-alcohol motifs (C(OH)–C–C–N with tert-alkyl or cyclic N) is 1. The summed E-state index contributed by atoms with van der Waals surface area (Å²) in [6.07, 6.45) is -0.977. The molecule has 1 saturated heterocycles. The maximum absolute atomic E-state index is 13.2. The number of aliphatic hydroxyl groups excluding tert-OH is 1. The molecule has 0 amide bonds. The Labute approximate surface area is 190 Å². The highest BCUT2D eigenvalue weighted by molar-refractivity contribution is 7.89. The molecule has 3 heterocycles. The van der Waals surface area contributed by atoms with Crippen LogP contribution in [-0.4, -0.2) is 47.5 Å². The van der Waals surface area contributed by atoms with E-state index in [9.17, 15) is 18.3 Å². The Balaban J connectivity index is 1.51. The van der Waals surface area contributed by atoms with E-state index in [1.54, 1.807) is 19.1 Å². The van der Waals surface area contributed by atoms with Crippen LogP contribution in [0.3, 0.4) is 0 Å². The van der Waals surface area contributed by atoms with Gasteiger partial charge in [-0.15, -0.1) is 11.3 Å². The van der Waals surface area contributed by atoms with Gasteiger partial charge in [-0.05, 0) is 55.5 Å². The van der Waals surface area contributed by atoms with Crippen molar-refractivity contribution in [2.24, 2.45) is 0 Å². The van der Waals surface area contributed by atoms with E-state index in [0.29, 0.717) is 17.3 Å². The molecule has 0 spiro atoms. The number of nitrogens with zero attached hydrogens (tertiary/aromatic N) is 2. The number of benzene rings is 1. The summed E-state index contributed by atoms with van der Waals surface area (Å²) >= 11 is 1.48. The molecule has 1 aliphatic heterocycles. The number of esters is 1. The molecule has 0 bridgehead atoms. The van der Waals surface area contributed by atoms with Crippen LogP contribution in [-0.2, 0) is 26.2 Å². The Hall–Kier alpha value is -2.53. The third-order valence-corrected chi connectivity index (χ3v) is 8.29. The topological polar surface area (TPSA) is 110 Å². The molecular formula is C22H24N2O6S2. The first-order valence-electron chi connectivity index (χ1n) is 10.1. The minimum atomic E-state index is -3.98. The van der Waals surface area contributed by atoms with Gasteiger partial charge in [0.05, 0.1) is 15.9 Å². The van der Waals surface area contributed by atoms with Gasteiger partial charge in [-0.25, -0.2) is 13.4 Å². The van der Waals surface area contributed by atoms with Gasteiger partial charge in [0.2, 0.25) is 15.9 Å². The number of oxazole rings is 1. The number of aliphatic hydroxyl groups is 1. The average Bonchev–Trinajstić information content (AvgIpc) is 3.48. The number of aryl methyl sites for hydroxylation is 3. The van der Waals surface area contributed by atoms with Crippen LogP contribution >= 0.6 is 11.3 Å². The van der Waals surface area contributed by atoms with Gasteiger partial charge in [-0.2, -0.15) is 4.31 Å². The van der Waals surface area contributed by atoms with Gasteiger partial charge < -0.3 is 14.3 Å². The van der Waals surface area contributed by atoms with Crippen molar-refractivity contribution < 1.29 is 27.5 Å². The Kier molecular flexibility index (Phi) is 6.22. The van der Waals surface area contributed by atoms with Gasteiger partial charge >= 0.3 is 5.97 Å². The van der Waals surface area contributed by atoms with Crippen LogP contribution < -0.4 is 0 Å². The van der Waals surface area contributed by atoms with Crippen molar-refractivity contribution in [2.45, 2.75) is 50.8 Å². The lowest BCUT2D eigenvalue weighted by Gasteiger charge is -2.22. The number of hydrogen-bond acceptors (Lipinski definition) is 8. The van der Waals surface area contributed by atoms with Crippen LogP contribution in [0.15, 0.2) is 45.0 Å². The Morgan fingerprint density at radius 3 is 2.75 bits per heavy atom. The molecule has 1 aliphatic rings. The predicted octanol–water partition coefficient (Wildman–Crippen LogP) is 3.20. The van der Waals surface area contributed by atoms with E-state index in [-0.39, 0.29) is 24.5 Å². The number of thiophene rings is 1. The van der Waals surface area contributed by atoms with E-state index in [2.05, 4.69) is 4.98 Å². The molecule has 0 radical (unpaired) electrons. The molecule has 8 nitrogen and oxygen atoms in total. The first kappa shape index (κ1) is 22.7. The molecule has 1 N–H and O–H groups in total. The van der Waals surface area contributed by atoms with Crippen LogP contribution in [0, 0.1) is 20.8 Å². The van der Waals surface area contributed by atoms with Gasteiger partial charge in [-0.3, -0.25) is 4.79 Å². The van der Waals surface area contributed by atoms with Crippen LogP contribution in [0.25, 0.3) is 10.8 Å². The maximum Gasteiger partial charge on any atom is 0.324 e. The summed E-state index contributed by atoms with van der Waals surface area (Å²) in [5, 5.41) is 12.0. The third-order valence-electron chi connectivity index (χ3n) is 5.57. The van der Waals surface area contributed by atoms with E-state index >= 15 is 0 Å². The second kappa shape index (κ2) is 8.78. The standard InChI is InChI=1S/C22H24N2O6S2/c1-13-6-7-17(9-14(13)2)32(27,28)24-11-16(25)10-19(24)22(26)29-12-18-15(3)30-21(23-18)20-5-4-8-31-20/h4-9,16,19,25H,10-12H2,1-3H3/t16?,19-/m0/s1. The fourth-order valence-electron chi connectivity index (χ4n) is 3.58. The number of aromatic nitrogens is 1. The van der Waals surface area contributed by atoms with Crippen molar-refractivity contribution in [3.05, 3.63) is 58.3 Å². The Morgan fingerprint density at radius 2 is 2.06 bits per heavy atom. The van der Waals surface area contributed by atoms with Crippen molar-refractivity contribution >= 4 is 27.3 Å². The quantitative estimate of drug-likeness (QED) is 0.544. The van der Waals surface area contributed by atoms with Gasteiger partial charge in [0.15, 0.2) is 0 Å². The summed E-state index contributed by atoms with van der Waals surface area (Å²) in [6.45, 7) is 5.12. The van der Waals surface area contributed by atoms with Gasteiger partial charge in [0.25, 0.3) is 0 Å². The zero-order chi connectivity index (χ0) is 23.0. The molecule has 32 heavy (non-hydrogen) atoms. The van der Waals surface area contributed by atoms with Crippen LogP contribution in [0.4, 0.5) is 0 Å². The number of hydrogen-bond donors (Lipinski definition) is 1. The predicted molar refractivity (Wildman–Crippen MR) is 119 cm³/mol. The fraction of sp³-hybridized carbons (Fsp3) is 0.364. The first-order chi connectivity index (χ1) is 15.2. The Morgan fingerprint density at radius 1 is 1.28 bits per heavy atom. The molecule has 1 fully saturated rings. The van der Waals surface area contributed by atoms with Crippen molar-refractivity contribution in [1.82, 2.24) is 9.29 Å². The molecule has 170 valence electrons. The molecule has 3 aromatic rings. The van der Waals surface area contributed by atoms with Crippen molar-refractivity contribution in [2.75, 3.05) is 6.54 Å². The van der Waals surface area contributed by atoms with E-state index < -0.39 is 28.1 Å². The van der Waals surface area contributed by atoms with E-state index in [4.69, 9.17) is 9.15 Å². The lowest BCUT2D eigenvalue weighted by molar-refractivity contribution is -0.149. The highest BCUT2D eigenvalue weighted by atomic mass is 32.2. The lowest BCUT2D eigenvalue weighted by Crippen LogP contribution is -2.41. The largest absolute Gasteiger partial charge is 0.458 e. The number of carbonyl (C=O) groups excluding carboxylic acids is 1. The normalized spacial score (nSPS) is 19.4. The summed E-state index contributed by atoms with van der Waals surface area (Å²) in [5.74, 6) is 0.236. The average molecular weight is 477 g/mol. The third kappa shape index (κ3) is 4.36.